The zero-order chi connectivity index (χ0) is 10.8. The summed E-state index contributed by atoms with van der Waals surface area (Å²) < 4.78 is -0.574. The van der Waals surface area contributed by atoms with Gasteiger partial charge in [-0.2, -0.15) is 0 Å². The van der Waals surface area contributed by atoms with Crippen LogP contribution in [0, 0.1) is 0 Å². The van der Waals surface area contributed by atoms with E-state index in [4.69, 9.17) is 11.6 Å². The predicted molar refractivity (Wildman–Crippen MR) is 63.1 cm³/mol. The number of benzene rings is 1. The molecule has 0 aromatic heterocycles. The first-order valence-corrected chi connectivity index (χ1v) is 5.32. The van der Waals surface area contributed by atoms with E-state index in [0.29, 0.717) is 10.7 Å². The maximum Gasteiger partial charge on any atom is 0.240 e. The third-order valence-corrected chi connectivity index (χ3v) is 2.22. The van der Waals surface area contributed by atoms with Gasteiger partial charge in [0.25, 0.3) is 0 Å². The number of carbonyl (C=O) groups is 1. The molecular formula is C10H11BrClNO. The standard InChI is InChI=1S/C10H11BrClNO/c1-10(2,11)9(14)13-8-5-3-4-7(12)6-8/h3-6H,1-2H3,(H,13,14). The Kier molecular flexibility index (Phi) is 3.56. The monoisotopic (exact) mass is 275 g/mol. The fraction of sp³-hybridized carbons (Fsp3) is 0.300. The number of nitrogens with one attached hydrogen (secondary N) is 1. The van der Waals surface area contributed by atoms with E-state index in [1.54, 1.807) is 38.1 Å². The second kappa shape index (κ2) is 4.32. The Bertz CT molecular complexity index is 346. The molecule has 0 radical (unpaired) electrons. The van der Waals surface area contributed by atoms with Gasteiger partial charge in [0, 0.05) is 10.7 Å². The summed E-state index contributed by atoms with van der Waals surface area (Å²) >= 11 is 9.05. The van der Waals surface area contributed by atoms with Crippen molar-refractivity contribution in [1.82, 2.24) is 0 Å². The molecule has 1 amide bonds. The highest BCUT2D eigenvalue weighted by atomic mass is 79.9. The smallest absolute Gasteiger partial charge is 0.240 e. The van der Waals surface area contributed by atoms with Crippen LogP contribution in [0.4, 0.5) is 5.69 Å². The maximum absolute atomic E-state index is 11.5. The molecule has 1 N–H and O–H groups in total. The van der Waals surface area contributed by atoms with Crippen molar-refractivity contribution >= 4 is 39.1 Å². The minimum absolute atomic E-state index is 0.0974. The molecule has 2 nitrogen and oxygen atoms in total. The van der Waals surface area contributed by atoms with Crippen LogP contribution in [0.3, 0.4) is 0 Å². The lowest BCUT2D eigenvalue weighted by Gasteiger charge is -2.15. The molecule has 1 aromatic rings. The molecule has 4 heteroatoms. The van der Waals surface area contributed by atoms with E-state index in [1.807, 2.05) is 0 Å². The number of halogens is 2. The largest absolute Gasteiger partial charge is 0.325 e. The van der Waals surface area contributed by atoms with Crippen molar-refractivity contribution in [2.45, 2.75) is 18.2 Å². The zero-order valence-electron chi connectivity index (χ0n) is 7.97. The molecule has 0 heterocycles. The third kappa shape index (κ3) is 3.31. The number of alkyl halides is 1. The Hall–Kier alpha value is -0.540. The molecule has 1 rings (SSSR count). The van der Waals surface area contributed by atoms with Crippen LogP contribution in [0.15, 0.2) is 24.3 Å². The van der Waals surface area contributed by atoms with Gasteiger partial charge in [-0.1, -0.05) is 33.6 Å². The lowest BCUT2D eigenvalue weighted by molar-refractivity contribution is -0.117. The summed E-state index contributed by atoms with van der Waals surface area (Å²) in [6, 6.07) is 7.05. The molecule has 0 saturated carbocycles. The van der Waals surface area contributed by atoms with Gasteiger partial charge in [-0.05, 0) is 32.0 Å². The average Bonchev–Trinajstić information content (AvgIpc) is 2.02. The first-order valence-electron chi connectivity index (χ1n) is 4.15. The van der Waals surface area contributed by atoms with Crippen LogP contribution in [0.25, 0.3) is 0 Å². The molecule has 0 spiro atoms. The highest BCUT2D eigenvalue weighted by Crippen LogP contribution is 2.20. The van der Waals surface area contributed by atoms with E-state index in [1.165, 1.54) is 0 Å². The van der Waals surface area contributed by atoms with Crippen molar-refractivity contribution in [1.29, 1.82) is 0 Å². The lowest BCUT2D eigenvalue weighted by Crippen LogP contribution is -2.30. The van der Waals surface area contributed by atoms with Crippen molar-refractivity contribution in [2.24, 2.45) is 0 Å². The van der Waals surface area contributed by atoms with Crippen LogP contribution < -0.4 is 5.32 Å². The quantitative estimate of drug-likeness (QED) is 0.824. The van der Waals surface area contributed by atoms with Crippen molar-refractivity contribution in [3.05, 3.63) is 29.3 Å². The van der Waals surface area contributed by atoms with Gasteiger partial charge in [0.05, 0.1) is 4.32 Å². The van der Waals surface area contributed by atoms with Gasteiger partial charge >= 0.3 is 0 Å². The molecule has 14 heavy (non-hydrogen) atoms. The van der Waals surface area contributed by atoms with Gasteiger partial charge in [0.1, 0.15) is 0 Å². The van der Waals surface area contributed by atoms with Crippen LogP contribution in [0.5, 0.6) is 0 Å². The van der Waals surface area contributed by atoms with Crippen molar-refractivity contribution in [3.63, 3.8) is 0 Å². The summed E-state index contributed by atoms with van der Waals surface area (Å²) in [6.07, 6.45) is 0. The van der Waals surface area contributed by atoms with E-state index in [-0.39, 0.29) is 5.91 Å². The molecule has 0 aliphatic carbocycles. The molecule has 76 valence electrons. The van der Waals surface area contributed by atoms with Crippen molar-refractivity contribution in [3.8, 4) is 0 Å². The lowest BCUT2D eigenvalue weighted by atomic mass is 10.2. The number of rotatable bonds is 2. The molecular weight excluding hydrogens is 265 g/mol. The zero-order valence-corrected chi connectivity index (χ0v) is 10.3. The second-order valence-corrected chi connectivity index (χ2v) is 5.86. The molecule has 0 atom stereocenters. The Morgan fingerprint density at radius 1 is 1.50 bits per heavy atom. The molecule has 0 fully saturated rings. The molecule has 0 unspecified atom stereocenters. The van der Waals surface area contributed by atoms with E-state index in [2.05, 4.69) is 21.2 Å². The number of amides is 1. The summed E-state index contributed by atoms with van der Waals surface area (Å²) in [6.45, 7) is 3.57. The normalized spacial score (nSPS) is 11.1. The Labute approximate surface area is 96.8 Å². The Balaban J connectivity index is 2.75. The highest BCUT2D eigenvalue weighted by Gasteiger charge is 2.23. The summed E-state index contributed by atoms with van der Waals surface area (Å²) in [5.41, 5.74) is 0.704. The summed E-state index contributed by atoms with van der Waals surface area (Å²) in [5, 5.41) is 3.36. The van der Waals surface area contributed by atoms with Crippen LogP contribution in [0.2, 0.25) is 5.02 Å². The van der Waals surface area contributed by atoms with Gasteiger partial charge in [-0.3, -0.25) is 4.79 Å². The van der Waals surface area contributed by atoms with Gasteiger partial charge < -0.3 is 5.32 Å². The third-order valence-electron chi connectivity index (χ3n) is 1.62. The molecule has 0 saturated heterocycles. The van der Waals surface area contributed by atoms with E-state index >= 15 is 0 Å². The van der Waals surface area contributed by atoms with Gasteiger partial charge in [-0.25, -0.2) is 0 Å². The van der Waals surface area contributed by atoms with Crippen LogP contribution in [-0.4, -0.2) is 10.2 Å². The molecule has 0 aliphatic heterocycles. The number of hydrogen-bond acceptors (Lipinski definition) is 1. The topological polar surface area (TPSA) is 29.1 Å². The predicted octanol–water partition coefficient (Wildman–Crippen LogP) is 3.45. The van der Waals surface area contributed by atoms with E-state index in [9.17, 15) is 4.79 Å². The SMILES string of the molecule is CC(C)(Br)C(=O)Nc1cccc(Cl)c1. The minimum Gasteiger partial charge on any atom is -0.325 e. The highest BCUT2D eigenvalue weighted by molar-refractivity contribution is 9.10. The van der Waals surface area contributed by atoms with Crippen LogP contribution in [-0.2, 0) is 4.79 Å². The fourth-order valence-corrected chi connectivity index (χ4v) is 1.14. The van der Waals surface area contributed by atoms with Crippen molar-refractivity contribution < 1.29 is 4.79 Å². The summed E-state index contributed by atoms with van der Waals surface area (Å²) in [4.78, 5) is 11.5. The van der Waals surface area contributed by atoms with Gasteiger partial charge in [0.15, 0.2) is 0 Å². The van der Waals surface area contributed by atoms with Crippen LogP contribution >= 0.6 is 27.5 Å². The first kappa shape index (κ1) is 11.5. The van der Waals surface area contributed by atoms with Gasteiger partial charge in [0.2, 0.25) is 5.91 Å². The number of hydrogen-bond donors (Lipinski definition) is 1. The van der Waals surface area contributed by atoms with Gasteiger partial charge in [-0.15, -0.1) is 0 Å². The maximum atomic E-state index is 11.5. The Morgan fingerprint density at radius 3 is 2.64 bits per heavy atom. The average molecular weight is 277 g/mol. The second-order valence-electron chi connectivity index (χ2n) is 3.44. The molecule has 1 aromatic carbocycles. The first-order chi connectivity index (χ1) is 6.39. The van der Waals surface area contributed by atoms with E-state index in [0.717, 1.165) is 0 Å². The fourth-order valence-electron chi connectivity index (χ4n) is 0.846. The minimum atomic E-state index is -0.574. The molecule has 0 aliphatic rings. The van der Waals surface area contributed by atoms with Crippen LogP contribution in [0.1, 0.15) is 13.8 Å². The summed E-state index contributed by atoms with van der Waals surface area (Å²) in [5.74, 6) is -0.0974. The summed E-state index contributed by atoms with van der Waals surface area (Å²) in [7, 11) is 0. The van der Waals surface area contributed by atoms with Crippen molar-refractivity contribution in [2.75, 3.05) is 5.32 Å². The Morgan fingerprint density at radius 2 is 2.14 bits per heavy atom. The number of anilines is 1. The molecule has 0 bridgehead atoms. The van der Waals surface area contributed by atoms with E-state index < -0.39 is 4.32 Å². The number of carbonyl (C=O) groups excluding carboxylic acids is 1.